The van der Waals surface area contributed by atoms with Crippen molar-refractivity contribution in [1.82, 2.24) is 25.0 Å². The number of carbonyl (C=O) groups is 1. The zero-order chi connectivity index (χ0) is 22.6. The second kappa shape index (κ2) is 9.58. The van der Waals surface area contributed by atoms with Crippen molar-refractivity contribution in [2.75, 3.05) is 19.6 Å². The first-order valence-corrected chi connectivity index (χ1v) is 11.7. The number of hydrogen-bond donors (Lipinski definition) is 2. The summed E-state index contributed by atoms with van der Waals surface area (Å²) in [7, 11) is 0. The molecule has 3 heterocycles. The Morgan fingerprint density at radius 2 is 1.82 bits per heavy atom. The minimum absolute atomic E-state index is 0.0651. The summed E-state index contributed by atoms with van der Waals surface area (Å²) in [6.45, 7) is 4.37. The van der Waals surface area contributed by atoms with Crippen LogP contribution >= 0.6 is 0 Å². The largest absolute Gasteiger partial charge is 0.356 e. The van der Waals surface area contributed by atoms with Gasteiger partial charge in [-0.15, -0.1) is 0 Å². The third kappa shape index (κ3) is 4.54. The molecule has 1 aliphatic heterocycles. The molecule has 0 unspecified atom stereocenters. The van der Waals surface area contributed by atoms with E-state index in [1.165, 1.54) is 11.1 Å². The molecule has 4 aromatic rings. The molecule has 0 bridgehead atoms. The molecule has 0 atom stereocenters. The predicted octanol–water partition coefficient (Wildman–Crippen LogP) is 3.22. The minimum Gasteiger partial charge on any atom is -0.356 e. The van der Waals surface area contributed by atoms with Crippen molar-refractivity contribution in [3.8, 4) is 0 Å². The Morgan fingerprint density at radius 1 is 1.00 bits per heavy atom. The van der Waals surface area contributed by atoms with Crippen LogP contribution in [0.5, 0.6) is 0 Å². The zero-order valence-corrected chi connectivity index (χ0v) is 18.7. The van der Waals surface area contributed by atoms with Gasteiger partial charge >= 0.3 is 0 Å². The quantitative estimate of drug-likeness (QED) is 0.410. The lowest BCUT2D eigenvalue weighted by molar-refractivity contribution is -0.121. The molecule has 1 amide bonds. The summed E-state index contributed by atoms with van der Waals surface area (Å²) in [6.07, 6.45) is 4.86. The molecule has 2 N–H and O–H groups in total. The van der Waals surface area contributed by atoms with Gasteiger partial charge < -0.3 is 9.88 Å². The smallest absolute Gasteiger partial charge is 0.288 e. The molecule has 0 fully saturated rings. The van der Waals surface area contributed by atoms with Crippen LogP contribution in [0.4, 0.5) is 0 Å². The van der Waals surface area contributed by atoms with Crippen LogP contribution < -0.4 is 10.9 Å². The van der Waals surface area contributed by atoms with E-state index < -0.39 is 0 Å². The number of benzene rings is 2. The monoisotopic (exact) mass is 443 g/mol. The van der Waals surface area contributed by atoms with Crippen LogP contribution in [0.25, 0.3) is 21.8 Å². The highest BCUT2D eigenvalue weighted by Crippen LogP contribution is 2.26. The number of nitrogens with zero attached hydrogens (tertiary/aromatic N) is 3. The van der Waals surface area contributed by atoms with Gasteiger partial charge in [0.25, 0.3) is 5.56 Å². The van der Waals surface area contributed by atoms with Gasteiger partial charge in [0, 0.05) is 55.4 Å². The molecule has 1 aliphatic rings. The van der Waals surface area contributed by atoms with Crippen molar-refractivity contribution in [2.45, 2.75) is 38.8 Å². The molecule has 0 radical (unpaired) electrons. The molecule has 0 spiro atoms. The molecule has 5 rings (SSSR count). The second-order valence-corrected chi connectivity index (χ2v) is 8.73. The lowest BCUT2D eigenvalue weighted by Crippen LogP contribution is -2.33. The van der Waals surface area contributed by atoms with E-state index in [0.717, 1.165) is 48.8 Å². The molecule has 0 saturated carbocycles. The Labute approximate surface area is 192 Å². The van der Waals surface area contributed by atoms with Crippen LogP contribution in [0.15, 0.2) is 59.5 Å². The van der Waals surface area contributed by atoms with Crippen molar-refractivity contribution >= 4 is 27.7 Å². The number of aryl methyl sites for hydroxylation is 1. The van der Waals surface area contributed by atoms with Crippen molar-refractivity contribution in [3.05, 3.63) is 76.2 Å². The lowest BCUT2D eigenvalue weighted by Gasteiger charge is -2.28. The fourth-order valence-corrected chi connectivity index (χ4v) is 4.91. The van der Waals surface area contributed by atoms with E-state index in [-0.39, 0.29) is 11.5 Å². The van der Waals surface area contributed by atoms with E-state index in [1.54, 1.807) is 6.20 Å². The summed E-state index contributed by atoms with van der Waals surface area (Å²) in [4.78, 5) is 27.2. The molecule has 7 nitrogen and oxygen atoms in total. The lowest BCUT2D eigenvalue weighted by atomic mass is 10.00. The van der Waals surface area contributed by atoms with E-state index >= 15 is 0 Å². The molecule has 0 saturated heterocycles. The highest BCUT2D eigenvalue weighted by Gasteiger charge is 2.16. The summed E-state index contributed by atoms with van der Waals surface area (Å²) < 4.78 is 2.01. The average molecular weight is 444 g/mol. The molecule has 7 heteroatoms. The van der Waals surface area contributed by atoms with Gasteiger partial charge in [-0.25, -0.2) is 5.10 Å². The van der Waals surface area contributed by atoms with E-state index in [1.807, 2.05) is 28.8 Å². The minimum atomic E-state index is -0.200. The Hall–Kier alpha value is -3.45. The first-order valence-electron chi connectivity index (χ1n) is 11.7. The molecular weight excluding hydrogens is 414 g/mol. The number of nitrogens with one attached hydrogen (secondary N) is 2. The SMILES string of the molecule is O=C(CCCn1c2ccccc2c2cn[nH]c(=O)c21)NCCCN1CCc2ccccc2C1. The van der Waals surface area contributed by atoms with Gasteiger partial charge in [0.1, 0.15) is 5.52 Å². The molecule has 170 valence electrons. The van der Waals surface area contributed by atoms with Crippen LogP contribution in [0.2, 0.25) is 0 Å². The molecule has 2 aromatic carbocycles. The van der Waals surface area contributed by atoms with Crippen molar-refractivity contribution in [2.24, 2.45) is 0 Å². The van der Waals surface area contributed by atoms with Crippen molar-refractivity contribution in [1.29, 1.82) is 0 Å². The highest BCUT2D eigenvalue weighted by atomic mass is 16.1. The van der Waals surface area contributed by atoms with Gasteiger partial charge in [0.2, 0.25) is 5.91 Å². The van der Waals surface area contributed by atoms with E-state index in [2.05, 4.69) is 44.7 Å². The summed E-state index contributed by atoms with van der Waals surface area (Å²) >= 11 is 0. The number of amides is 1. The second-order valence-electron chi connectivity index (χ2n) is 8.73. The number of hydrogen-bond acceptors (Lipinski definition) is 4. The summed E-state index contributed by atoms with van der Waals surface area (Å²) in [5.41, 5.74) is 4.30. The van der Waals surface area contributed by atoms with E-state index in [9.17, 15) is 9.59 Å². The normalized spacial score (nSPS) is 13.9. The van der Waals surface area contributed by atoms with Gasteiger partial charge in [-0.2, -0.15) is 5.10 Å². The number of H-pyrrole nitrogens is 1. The summed E-state index contributed by atoms with van der Waals surface area (Å²) in [5.74, 6) is 0.0651. The highest BCUT2D eigenvalue weighted by molar-refractivity contribution is 6.07. The Morgan fingerprint density at radius 3 is 2.73 bits per heavy atom. The zero-order valence-electron chi connectivity index (χ0n) is 18.7. The summed E-state index contributed by atoms with van der Waals surface area (Å²) in [5, 5.41) is 11.4. The number of rotatable bonds is 8. The van der Waals surface area contributed by atoms with Gasteiger partial charge in [0.05, 0.1) is 6.20 Å². The molecule has 33 heavy (non-hydrogen) atoms. The standard InChI is InChI=1S/C26H29N5O2/c32-24(27-13-6-14-30-16-12-19-7-1-2-8-20(19)18-30)11-5-15-31-23-10-4-3-9-21(23)22-17-28-29-26(33)25(22)31/h1-4,7-10,17H,5-6,11-16,18H2,(H,27,32)(H,29,33). The number of para-hydroxylation sites is 1. The first-order chi connectivity index (χ1) is 16.2. The van der Waals surface area contributed by atoms with Crippen molar-refractivity contribution in [3.63, 3.8) is 0 Å². The van der Waals surface area contributed by atoms with Crippen LogP contribution in [-0.2, 0) is 24.3 Å². The third-order valence-electron chi connectivity index (χ3n) is 6.55. The van der Waals surface area contributed by atoms with Gasteiger partial charge in [-0.05, 0) is 36.5 Å². The van der Waals surface area contributed by atoms with Gasteiger partial charge in [-0.1, -0.05) is 42.5 Å². The fourth-order valence-electron chi connectivity index (χ4n) is 4.91. The average Bonchev–Trinajstić information content (AvgIpc) is 3.17. The number of carbonyl (C=O) groups excluding carboxylic acids is 1. The molecule has 2 aromatic heterocycles. The van der Waals surface area contributed by atoms with Crippen LogP contribution in [-0.4, -0.2) is 45.2 Å². The van der Waals surface area contributed by atoms with Crippen LogP contribution in [0.3, 0.4) is 0 Å². The predicted molar refractivity (Wildman–Crippen MR) is 130 cm³/mol. The molecule has 0 aliphatic carbocycles. The maximum Gasteiger partial charge on any atom is 0.288 e. The number of aromatic amines is 1. The van der Waals surface area contributed by atoms with E-state index in [0.29, 0.717) is 31.4 Å². The maximum atomic E-state index is 12.4. The Kier molecular flexibility index (Phi) is 6.21. The van der Waals surface area contributed by atoms with Crippen LogP contribution in [0, 0.1) is 0 Å². The van der Waals surface area contributed by atoms with Crippen LogP contribution in [0.1, 0.15) is 30.4 Å². The first kappa shape index (κ1) is 21.4. The summed E-state index contributed by atoms with van der Waals surface area (Å²) in [6, 6.07) is 16.6. The maximum absolute atomic E-state index is 12.4. The van der Waals surface area contributed by atoms with Gasteiger partial charge in [-0.3, -0.25) is 14.5 Å². The third-order valence-corrected chi connectivity index (χ3v) is 6.55. The topological polar surface area (TPSA) is 83.0 Å². The number of fused-ring (bicyclic) bond motifs is 4. The van der Waals surface area contributed by atoms with Gasteiger partial charge in [0.15, 0.2) is 0 Å². The van der Waals surface area contributed by atoms with Crippen molar-refractivity contribution < 1.29 is 4.79 Å². The van der Waals surface area contributed by atoms with E-state index in [4.69, 9.17) is 0 Å². The Bertz CT molecular complexity index is 1340. The number of aromatic nitrogens is 3. The fraction of sp³-hybridized carbons (Fsp3) is 0.346. The molecular formula is C26H29N5O2. The Balaban J connectivity index is 1.10.